The minimum atomic E-state index is 0.243. The van der Waals surface area contributed by atoms with Crippen LogP contribution in [0, 0.1) is 5.92 Å². The molecule has 1 aromatic carbocycles. The van der Waals surface area contributed by atoms with E-state index in [1.54, 1.807) is 19.2 Å². The molecule has 0 aliphatic carbocycles. The number of aromatic hydroxyl groups is 1. The van der Waals surface area contributed by atoms with Crippen LogP contribution in [0.3, 0.4) is 0 Å². The van der Waals surface area contributed by atoms with Gasteiger partial charge >= 0.3 is 0 Å². The monoisotopic (exact) mass is 265 g/mol. The number of nitrogens with zero attached hydrogens (tertiary/aromatic N) is 1. The average molecular weight is 265 g/mol. The maximum absolute atomic E-state index is 9.94. The molecule has 0 amide bonds. The van der Waals surface area contributed by atoms with Crippen LogP contribution in [-0.4, -0.2) is 41.4 Å². The van der Waals surface area contributed by atoms with Crippen molar-refractivity contribution in [3.63, 3.8) is 0 Å². The summed E-state index contributed by atoms with van der Waals surface area (Å²) in [5.41, 5.74) is 0.879. The fourth-order valence-electron chi connectivity index (χ4n) is 2.67. The lowest BCUT2D eigenvalue weighted by molar-refractivity contribution is 0.0765. The number of rotatable bonds is 4. The van der Waals surface area contributed by atoms with Crippen molar-refractivity contribution in [1.82, 2.24) is 4.90 Å². The molecular formula is C15H23NO3. The summed E-state index contributed by atoms with van der Waals surface area (Å²) in [4.78, 5) is 2.32. The van der Waals surface area contributed by atoms with Crippen LogP contribution in [0.15, 0.2) is 18.2 Å². The number of phenols is 1. The summed E-state index contributed by atoms with van der Waals surface area (Å²) in [6, 6.07) is 5.79. The number of methoxy groups -OCH3 is 1. The lowest BCUT2D eigenvalue weighted by Gasteiger charge is -2.37. The van der Waals surface area contributed by atoms with E-state index in [0.29, 0.717) is 24.3 Å². The Morgan fingerprint density at radius 1 is 1.37 bits per heavy atom. The summed E-state index contributed by atoms with van der Waals surface area (Å²) in [6.07, 6.45) is 2.17. The molecule has 1 saturated heterocycles. The third kappa shape index (κ3) is 3.39. The molecule has 0 spiro atoms. The zero-order valence-electron chi connectivity index (χ0n) is 11.7. The van der Waals surface area contributed by atoms with Crippen molar-refractivity contribution < 1.29 is 14.9 Å². The van der Waals surface area contributed by atoms with E-state index in [1.807, 2.05) is 6.07 Å². The number of likely N-dealkylation sites (tertiary alicyclic amines) is 1. The van der Waals surface area contributed by atoms with E-state index < -0.39 is 0 Å². The molecule has 19 heavy (non-hydrogen) atoms. The Balaban J connectivity index is 2.10. The van der Waals surface area contributed by atoms with Crippen LogP contribution >= 0.6 is 0 Å². The zero-order valence-corrected chi connectivity index (χ0v) is 11.7. The molecule has 0 radical (unpaired) electrons. The predicted molar refractivity (Wildman–Crippen MR) is 74.3 cm³/mol. The Labute approximate surface area is 114 Å². The van der Waals surface area contributed by atoms with Crippen molar-refractivity contribution in [3.8, 4) is 11.5 Å². The van der Waals surface area contributed by atoms with Crippen molar-refractivity contribution >= 4 is 0 Å². The minimum absolute atomic E-state index is 0.243. The van der Waals surface area contributed by atoms with Gasteiger partial charge < -0.3 is 14.9 Å². The largest absolute Gasteiger partial charge is 0.508 e. The maximum Gasteiger partial charge on any atom is 0.120 e. The first-order valence-corrected chi connectivity index (χ1v) is 6.84. The minimum Gasteiger partial charge on any atom is -0.508 e. The molecule has 1 aliphatic rings. The molecule has 0 saturated carbocycles. The molecule has 0 aromatic heterocycles. The van der Waals surface area contributed by atoms with E-state index in [0.717, 1.165) is 30.7 Å². The molecule has 2 atom stereocenters. The van der Waals surface area contributed by atoms with Gasteiger partial charge in [-0.2, -0.15) is 0 Å². The number of piperidine rings is 1. The molecule has 2 N–H and O–H groups in total. The average Bonchev–Trinajstić information content (AvgIpc) is 2.43. The SMILES string of the molecule is COc1ccc(O)c(CN2CC(CO)CCC2C)c1. The highest BCUT2D eigenvalue weighted by atomic mass is 16.5. The standard InChI is InChI=1S/C15H23NO3/c1-11-3-4-12(10-17)8-16(11)9-13-7-14(19-2)5-6-15(13)18/h5-7,11-12,17-18H,3-4,8-10H2,1-2H3. The smallest absolute Gasteiger partial charge is 0.120 e. The van der Waals surface area contributed by atoms with Crippen LogP contribution in [0.1, 0.15) is 25.3 Å². The Bertz CT molecular complexity index is 422. The Morgan fingerprint density at radius 3 is 2.84 bits per heavy atom. The summed E-state index contributed by atoms with van der Waals surface area (Å²) >= 11 is 0. The van der Waals surface area contributed by atoms with E-state index in [4.69, 9.17) is 4.74 Å². The van der Waals surface area contributed by atoms with Crippen molar-refractivity contribution in [2.24, 2.45) is 5.92 Å². The molecule has 1 aliphatic heterocycles. The summed E-state index contributed by atoms with van der Waals surface area (Å²) < 4.78 is 5.20. The lowest BCUT2D eigenvalue weighted by atomic mass is 9.93. The third-order valence-electron chi connectivity index (χ3n) is 4.03. The van der Waals surface area contributed by atoms with E-state index in [2.05, 4.69) is 11.8 Å². The summed E-state index contributed by atoms with van der Waals surface area (Å²) in [6.45, 7) is 4.02. The molecule has 1 aromatic rings. The number of hydrogen-bond acceptors (Lipinski definition) is 4. The first-order chi connectivity index (χ1) is 9.13. The number of aliphatic hydroxyl groups excluding tert-OH is 1. The van der Waals surface area contributed by atoms with Crippen LogP contribution in [-0.2, 0) is 6.54 Å². The number of hydrogen-bond donors (Lipinski definition) is 2. The highest BCUT2D eigenvalue weighted by Gasteiger charge is 2.25. The van der Waals surface area contributed by atoms with E-state index in [1.165, 1.54) is 0 Å². The topological polar surface area (TPSA) is 52.9 Å². The van der Waals surface area contributed by atoms with Gasteiger partial charge in [0, 0.05) is 31.3 Å². The second kappa shape index (κ2) is 6.26. The first-order valence-electron chi connectivity index (χ1n) is 6.84. The van der Waals surface area contributed by atoms with Gasteiger partial charge in [0.1, 0.15) is 11.5 Å². The van der Waals surface area contributed by atoms with Gasteiger partial charge in [-0.3, -0.25) is 4.90 Å². The number of phenolic OH excluding ortho intramolecular Hbond substituents is 1. The summed E-state index contributed by atoms with van der Waals surface area (Å²) in [5.74, 6) is 1.42. The normalized spacial score (nSPS) is 24.4. The van der Waals surface area contributed by atoms with Gasteiger partial charge in [-0.25, -0.2) is 0 Å². The van der Waals surface area contributed by atoms with Gasteiger partial charge in [0.15, 0.2) is 0 Å². The van der Waals surface area contributed by atoms with E-state index in [9.17, 15) is 10.2 Å². The molecule has 2 unspecified atom stereocenters. The van der Waals surface area contributed by atoms with Gasteiger partial charge in [0.05, 0.1) is 7.11 Å². The number of aliphatic hydroxyl groups is 1. The van der Waals surface area contributed by atoms with Gasteiger partial charge in [-0.15, -0.1) is 0 Å². The van der Waals surface area contributed by atoms with E-state index >= 15 is 0 Å². The molecule has 2 rings (SSSR count). The second-order valence-electron chi connectivity index (χ2n) is 5.40. The number of ether oxygens (including phenoxy) is 1. The van der Waals surface area contributed by atoms with Crippen LogP contribution in [0.25, 0.3) is 0 Å². The fourth-order valence-corrected chi connectivity index (χ4v) is 2.67. The third-order valence-corrected chi connectivity index (χ3v) is 4.03. The zero-order chi connectivity index (χ0) is 13.8. The molecule has 0 bridgehead atoms. The fraction of sp³-hybridized carbons (Fsp3) is 0.600. The Hall–Kier alpha value is -1.26. The molecule has 1 fully saturated rings. The van der Waals surface area contributed by atoms with Gasteiger partial charge in [0.2, 0.25) is 0 Å². The van der Waals surface area contributed by atoms with Gasteiger partial charge in [-0.05, 0) is 43.9 Å². The van der Waals surface area contributed by atoms with Crippen LogP contribution in [0.2, 0.25) is 0 Å². The highest BCUT2D eigenvalue weighted by molar-refractivity contribution is 5.39. The Kier molecular flexibility index (Phi) is 4.66. The molecule has 4 heteroatoms. The van der Waals surface area contributed by atoms with Gasteiger partial charge in [-0.1, -0.05) is 0 Å². The molecular weight excluding hydrogens is 242 g/mol. The van der Waals surface area contributed by atoms with Crippen molar-refractivity contribution in [3.05, 3.63) is 23.8 Å². The first kappa shape index (κ1) is 14.2. The van der Waals surface area contributed by atoms with Crippen LogP contribution < -0.4 is 4.74 Å². The predicted octanol–water partition coefficient (Wildman–Crippen LogP) is 1.99. The highest BCUT2D eigenvalue weighted by Crippen LogP contribution is 2.28. The van der Waals surface area contributed by atoms with Gasteiger partial charge in [0.25, 0.3) is 0 Å². The van der Waals surface area contributed by atoms with E-state index in [-0.39, 0.29) is 6.61 Å². The maximum atomic E-state index is 9.94. The van der Waals surface area contributed by atoms with Crippen molar-refractivity contribution in [1.29, 1.82) is 0 Å². The Morgan fingerprint density at radius 2 is 2.16 bits per heavy atom. The summed E-state index contributed by atoms with van der Waals surface area (Å²) in [7, 11) is 1.63. The van der Waals surface area contributed by atoms with Crippen LogP contribution in [0.4, 0.5) is 0 Å². The summed E-state index contributed by atoms with van der Waals surface area (Å²) in [5, 5.41) is 19.2. The van der Waals surface area contributed by atoms with Crippen molar-refractivity contribution in [2.45, 2.75) is 32.4 Å². The van der Waals surface area contributed by atoms with Crippen molar-refractivity contribution in [2.75, 3.05) is 20.3 Å². The van der Waals surface area contributed by atoms with Crippen LogP contribution in [0.5, 0.6) is 11.5 Å². The second-order valence-corrected chi connectivity index (χ2v) is 5.40. The lowest BCUT2D eigenvalue weighted by Crippen LogP contribution is -2.42. The molecule has 1 heterocycles. The molecule has 106 valence electrons. The number of benzene rings is 1. The quantitative estimate of drug-likeness (QED) is 0.874. The molecule has 4 nitrogen and oxygen atoms in total.